The third-order valence-electron chi connectivity index (χ3n) is 4.39. The van der Waals surface area contributed by atoms with E-state index in [9.17, 15) is 9.59 Å². The summed E-state index contributed by atoms with van der Waals surface area (Å²) >= 11 is 0. The largest absolute Gasteiger partial charge is 0.376 e. The predicted octanol–water partition coefficient (Wildman–Crippen LogP) is 3.31. The summed E-state index contributed by atoms with van der Waals surface area (Å²) in [6.07, 6.45) is 7.22. The minimum absolute atomic E-state index is 0.0369. The van der Waals surface area contributed by atoms with Gasteiger partial charge in [0.15, 0.2) is 0 Å². The first-order valence-corrected chi connectivity index (χ1v) is 9.42. The highest BCUT2D eigenvalue weighted by Gasteiger charge is 2.18. The number of amides is 2. The van der Waals surface area contributed by atoms with Crippen molar-refractivity contribution in [2.75, 3.05) is 13.2 Å². The number of allylic oxidation sites excluding steroid dienone is 2. The minimum atomic E-state index is -0.336. The molecular weight excluding hydrogens is 352 g/mol. The average Bonchev–Trinajstić information content (AvgIpc) is 3.26. The van der Waals surface area contributed by atoms with Gasteiger partial charge in [0.2, 0.25) is 0 Å². The van der Waals surface area contributed by atoms with Crippen LogP contribution in [0.5, 0.6) is 0 Å². The molecule has 0 aromatic heterocycles. The molecule has 2 N–H and O–H groups in total. The van der Waals surface area contributed by atoms with Crippen LogP contribution in [0.25, 0.3) is 6.08 Å². The van der Waals surface area contributed by atoms with E-state index in [-0.39, 0.29) is 23.6 Å². The van der Waals surface area contributed by atoms with E-state index in [4.69, 9.17) is 4.74 Å². The van der Waals surface area contributed by atoms with Crippen molar-refractivity contribution in [1.29, 1.82) is 0 Å². The lowest BCUT2D eigenvalue weighted by Crippen LogP contribution is -2.38. The van der Waals surface area contributed by atoms with Crippen LogP contribution in [-0.2, 0) is 9.53 Å². The molecule has 5 nitrogen and oxygen atoms in total. The van der Waals surface area contributed by atoms with E-state index in [0.29, 0.717) is 12.1 Å². The highest BCUT2D eigenvalue weighted by molar-refractivity contribution is 6.03. The molecule has 2 amide bonds. The van der Waals surface area contributed by atoms with Crippen LogP contribution in [-0.4, -0.2) is 31.1 Å². The summed E-state index contributed by atoms with van der Waals surface area (Å²) in [5, 5.41) is 5.56. The van der Waals surface area contributed by atoms with Crippen LogP contribution >= 0.6 is 0 Å². The molecule has 5 heteroatoms. The Morgan fingerprint density at radius 2 is 1.75 bits per heavy atom. The minimum Gasteiger partial charge on any atom is -0.376 e. The quantitative estimate of drug-likeness (QED) is 0.575. The first-order chi connectivity index (χ1) is 13.7. The molecule has 2 aromatic carbocycles. The summed E-state index contributed by atoms with van der Waals surface area (Å²) in [5.74, 6) is -0.662. The Morgan fingerprint density at radius 3 is 2.43 bits per heavy atom. The smallest absolute Gasteiger partial charge is 0.267 e. The van der Waals surface area contributed by atoms with Crippen LogP contribution in [0.3, 0.4) is 0 Å². The van der Waals surface area contributed by atoms with Crippen LogP contribution in [0, 0.1) is 0 Å². The normalized spacial score (nSPS) is 16.9. The molecule has 1 aliphatic heterocycles. The number of hydrogen-bond donors (Lipinski definition) is 2. The maximum Gasteiger partial charge on any atom is 0.267 e. The van der Waals surface area contributed by atoms with Gasteiger partial charge in [-0.15, -0.1) is 0 Å². The second kappa shape index (κ2) is 10.2. The number of ether oxygens (including phenoxy) is 1. The fraction of sp³-hybridized carbons (Fsp3) is 0.217. The van der Waals surface area contributed by atoms with Crippen molar-refractivity contribution in [2.24, 2.45) is 0 Å². The Hall–Kier alpha value is -3.18. The number of hydrogen-bond acceptors (Lipinski definition) is 3. The van der Waals surface area contributed by atoms with Crippen LogP contribution in [0.2, 0.25) is 0 Å². The molecule has 0 saturated carbocycles. The summed E-state index contributed by atoms with van der Waals surface area (Å²) in [6, 6.07) is 18.6. The standard InChI is InChI=1S/C23H24N2O3/c26-22(19-12-5-2-6-13-19)25-21(15-7-11-18-9-3-1-4-10-18)23(27)24-17-20-14-8-16-28-20/h1-7,9-13,15,20H,8,14,16-17H2,(H,24,27)(H,25,26)/b11-7-,21-15-. The van der Waals surface area contributed by atoms with E-state index in [1.165, 1.54) is 0 Å². The SMILES string of the molecule is O=C(NCC1CCCO1)/C(=C/C=C\c1ccccc1)NC(=O)c1ccccc1. The highest BCUT2D eigenvalue weighted by Crippen LogP contribution is 2.11. The molecule has 0 spiro atoms. The van der Waals surface area contributed by atoms with Gasteiger partial charge in [-0.1, -0.05) is 60.7 Å². The summed E-state index contributed by atoms with van der Waals surface area (Å²) in [5.41, 5.74) is 1.69. The lowest BCUT2D eigenvalue weighted by atomic mass is 10.2. The van der Waals surface area contributed by atoms with Gasteiger partial charge in [0.25, 0.3) is 11.8 Å². The Balaban J connectivity index is 1.70. The predicted molar refractivity (Wildman–Crippen MR) is 109 cm³/mol. The first kappa shape index (κ1) is 19.6. The van der Waals surface area contributed by atoms with E-state index in [1.54, 1.807) is 36.4 Å². The third-order valence-corrected chi connectivity index (χ3v) is 4.39. The van der Waals surface area contributed by atoms with Crippen LogP contribution < -0.4 is 10.6 Å². The van der Waals surface area contributed by atoms with Gasteiger partial charge in [-0.3, -0.25) is 9.59 Å². The number of benzene rings is 2. The van der Waals surface area contributed by atoms with Crippen LogP contribution in [0.1, 0.15) is 28.8 Å². The number of nitrogens with one attached hydrogen (secondary N) is 2. The zero-order chi connectivity index (χ0) is 19.6. The molecule has 3 rings (SSSR count). The van der Waals surface area contributed by atoms with Gasteiger partial charge in [-0.05, 0) is 36.6 Å². The van der Waals surface area contributed by atoms with Gasteiger partial charge in [0.05, 0.1) is 6.10 Å². The third kappa shape index (κ3) is 5.93. The van der Waals surface area contributed by atoms with Gasteiger partial charge >= 0.3 is 0 Å². The van der Waals surface area contributed by atoms with Crippen molar-refractivity contribution < 1.29 is 14.3 Å². The maximum atomic E-state index is 12.6. The van der Waals surface area contributed by atoms with E-state index in [0.717, 1.165) is 25.0 Å². The molecular formula is C23H24N2O3. The van der Waals surface area contributed by atoms with E-state index < -0.39 is 0 Å². The van der Waals surface area contributed by atoms with Gasteiger partial charge in [0, 0.05) is 18.7 Å². The second-order valence-electron chi connectivity index (χ2n) is 6.52. The Morgan fingerprint density at radius 1 is 1.04 bits per heavy atom. The topological polar surface area (TPSA) is 67.4 Å². The Bertz CT molecular complexity index is 839. The lowest BCUT2D eigenvalue weighted by molar-refractivity contribution is -0.118. The molecule has 1 atom stereocenters. The molecule has 1 fully saturated rings. The molecule has 28 heavy (non-hydrogen) atoms. The summed E-state index contributed by atoms with van der Waals surface area (Å²) in [6.45, 7) is 1.16. The molecule has 1 aliphatic rings. The van der Waals surface area contributed by atoms with Gasteiger partial charge in [-0.2, -0.15) is 0 Å². The van der Waals surface area contributed by atoms with Crippen molar-refractivity contribution in [3.05, 3.63) is 89.6 Å². The van der Waals surface area contributed by atoms with E-state index in [2.05, 4.69) is 10.6 Å². The van der Waals surface area contributed by atoms with E-state index in [1.807, 2.05) is 42.5 Å². The van der Waals surface area contributed by atoms with Crippen LogP contribution in [0.4, 0.5) is 0 Å². The molecule has 0 radical (unpaired) electrons. The molecule has 0 bridgehead atoms. The molecule has 144 valence electrons. The molecule has 0 aliphatic carbocycles. The van der Waals surface area contributed by atoms with Crippen molar-refractivity contribution >= 4 is 17.9 Å². The van der Waals surface area contributed by atoms with Gasteiger partial charge < -0.3 is 15.4 Å². The summed E-state index contributed by atoms with van der Waals surface area (Å²) in [4.78, 5) is 25.1. The zero-order valence-electron chi connectivity index (χ0n) is 15.6. The van der Waals surface area contributed by atoms with Crippen molar-refractivity contribution in [2.45, 2.75) is 18.9 Å². The number of carbonyl (C=O) groups excluding carboxylic acids is 2. The summed E-state index contributed by atoms with van der Waals surface area (Å²) < 4.78 is 5.54. The fourth-order valence-corrected chi connectivity index (χ4v) is 2.88. The summed E-state index contributed by atoms with van der Waals surface area (Å²) in [7, 11) is 0. The van der Waals surface area contributed by atoms with Gasteiger partial charge in [0.1, 0.15) is 5.70 Å². The maximum absolute atomic E-state index is 12.6. The first-order valence-electron chi connectivity index (χ1n) is 9.42. The van der Waals surface area contributed by atoms with Crippen molar-refractivity contribution in [3.63, 3.8) is 0 Å². The second-order valence-corrected chi connectivity index (χ2v) is 6.52. The Kier molecular flexibility index (Phi) is 7.15. The Labute approximate surface area is 165 Å². The molecule has 2 aromatic rings. The van der Waals surface area contributed by atoms with E-state index >= 15 is 0 Å². The van der Waals surface area contributed by atoms with Crippen molar-refractivity contribution in [3.8, 4) is 0 Å². The molecule has 1 unspecified atom stereocenters. The fourth-order valence-electron chi connectivity index (χ4n) is 2.88. The number of rotatable bonds is 7. The number of carbonyl (C=O) groups is 2. The zero-order valence-corrected chi connectivity index (χ0v) is 15.6. The van der Waals surface area contributed by atoms with Gasteiger partial charge in [-0.25, -0.2) is 0 Å². The average molecular weight is 376 g/mol. The molecule has 1 saturated heterocycles. The monoisotopic (exact) mass is 376 g/mol. The van der Waals surface area contributed by atoms with Crippen molar-refractivity contribution in [1.82, 2.24) is 10.6 Å². The lowest BCUT2D eigenvalue weighted by Gasteiger charge is -2.13. The highest BCUT2D eigenvalue weighted by atomic mass is 16.5. The van der Waals surface area contributed by atoms with Crippen LogP contribution in [0.15, 0.2) is 78.5 Å². The molecule has 1 heterocycles.